The number of methoxy groups -OCH3 is 6. The van der Waals surface area contributed by atoms with E-state index < -0.39 is 16.6 Å². The normalized spacial score (nSPS) is 32.2. The second kappa shape index (κ2) is 25.1. The van der Waals surface area contributed by atoms with Crippen LogP contribution in [0.4, 0.5) is 5.69 Å². The first-order valence-electron chi connectivity index (χ1n) is 31.8. The van der Waals surface area contributed by atoms with Gasteiger partial charge in [-0.1, -0.05) is 58.1 Å². The van der Waals surface area contributed by atoms with Gasteiger partial charge in [0.15, 0.2) is 40.2 Å². The Balaban J connectivity index is 0.000000138. The maximum atomic E-state index is 14.2. The van der Waals surface area contributed by atoms with Crippen molar-refractivity contribution in [3.8, 4) is 11.8 Å². The second-order valence-electron chi connectivity index (χ2n) is 26.8. The van der Waals surface area contributed by atoms with Gasteiger partial charge in [-0.15, -0.1) is 0 Å². The van der Waals surface area contributed by atoms with Gasteiger partial charge < -0.3 is 45.6 Å². The van der Waals surface area contributed by atoms with Gasteiger partial charge in [0, 0.05) is 74.9 Å². The van der Waals surface area contributed by atoms with Crippen LogP contribution < -0.4 is 17.2 Å². The molecule has 3 amide bonds. The summed E-state index contributed by atoms with van der Waals surface area (Å²) < 4.78 is 33.7. The standard InChI is InChI=1S/C26H33N3O3.C22H28N4O3.C21H28BrN3O3/c1-17(16-31-2)29-23(30)26(28-24(29)27)22-14-19(7-6-18-4-5-18)8-9-20(22)15-25(26)12-10-21(32-3)11-13-25;1-14(13-28-3)26-19(27)22(25-20(26)23)18-11-16(24-2)6-5-15(18)12-21(22)9-7-17(29-4)8-10-21;1-13(12-27-2)25-18(26)21(24-19(25)23)17-10-15(22)5-4-14(17)11-20(21)8-6-16(28-3)7-9-20/h8-9,14,17-18,21H,4-5,10-13,15-16H2,1-3H3,(H2,27,28);5-6,11,14,17H,7-10,12-13H2,1,3-4H3,(H2,23,25);4-5,10,13,16H,6-9,11-12H2,1-3H3,(H2,23,24). The van der Waals surface area contributed by atoms with E-state index in [0.717, 1.165) is 129 Å². The van der Waals surface area contributed by atoms with E-state index in [0.29, 0.717) is 43.3 Å². The number of nitrogens with zero attached hydrogens (tertiary/aromatic N) is 7. The first-order valence-corrected chi connectivity index (χ1v) is 32.6. The van der Waals surface area contributed by atoms with Crippen LogP contribution in [0.3, 0.4) is 0 Å². The van der Waals surface area contributed by atoms with E-state index in [1.807, 2.05) is 45.0 Å². The largest absolute Gasteiger partial charge is 0.383 e. The summed E-state index contributed by atoms with van der Waals surface area (Å²) in [6, 6.07) is 17.7. The lowest BCUT2D eigenvalue weighted by Gasteiger charge is -2.45. The predicted molar refractivity (Wildman–Crippen MR) is 344 cm³/mol. The van der Waals surface area contributed by atoms with Crippen molar-refractivity contribution >= 4 is 57.2 Å². The molecule has 6 spiro atoms. The number of fused-ring (bicyclic) bond motifs is 9. The van der Waals surface area contributed by atoms with Crippen molar-refractivity contribution in [2.75, 3.05) is 62.5 Å². The molecule has 3 heterocycles. The molecular weight excluding hydrogens is 1190 g/mol. The highest BCUT2D eigenvalue weighted by atomic mass is 79.9. The molecule has 4 fully saturated rings. The number of carbonyl (C=O) groups excluding carboxylic acids is 3. The average Bonchev–Trinajstić information content (AvgIpc) is 1.55. The Morgan fingerprint density at radius 2 is 0.888 bits per heavy atom. The molecule has 20 heteroatoms. The van der Waals surface area contributed by atoms with Crippen LogP contribution in [0, 0.1) is 40.6 Å². The number of benzene rings is 3. The van der Waals surface area contributed by atoms with E-state index in [1.165, 1.54) is 24.0 Å². The number of hydrogen-bond acceptors (Lipinski definition) is 15. The number of aliphatic imine (C=N–C) groups is 3. The van der Waals surface area contributed by atoms with E-state index in [2.05, 4.69) is 62.9 Å². The molecule has 3 aromatic carbocycles. The molecule has 13 rings (SSSR count). The van der Waals surface area contributed by atoms with Crippen molar-refractivity contribution in [2.24, 2.45) is 54.3 Å². The van der Waals surface area contributed by atoms with Crippen LogP contribution in [0.5, 0.6) is 0 Å². The third kappa shape index (κ3) is 10.5. The smallest absolute Gasteiger partial charge is 0.262 e. The van der Waals surface area contributed by atoms with Crippen LogP contribution in [0.1, 0.15) is 150 Å². The molecule has 3 aliphatic heterocycles. The number of ether oxygens (including phenoxy) is 6. The molecule has 7 aliphatic carbocycles. The summed E-state index contributed by atoms with van der Waals surface area (Å²) in [7, 11) is 10.2. The Labute approximate surface area is 533 Å². The van der Waals surface area contributed by atoms with Crippen LogP contribution in [0.2, 0.25) is 0 Å². The third-order valence-electron chi connectivity index (χ3n) is 21.8. The topological polar surface area (TPSA) is 236 Å². The average molecular weight is 1280 g/mol. The number of guanidine groups is 3. The summed E-state index contributed by atoms with van der Waals surface area (Å²) >= 11 is 3.59. The summed E-state index contributed by atoms with van der Waals surface area (Å²) in [5.74, 6) is 7.95. The minimum absolute atomic E-state index is 0.0118. The SMILES string of the molecule is COCC(C)N1C(=O)C2(N=C1N)c1cc(Br)ccc1CC21CCC(OC)CC1.COCC(C)N1C(=O)C2(N=C1N)c1cc(C#CC3CC3)ccc1CC21CCC(OC)CC1.[C-]#[N+]c1ccc2c(c1)C1(N=C(N)N(C(C)COC)C1=O)C1(CCC(OC)CC1)C2. The molecular formula is C69H89BrN10O9. The quantitative estimate of drug-likeness (QED) is 0.114. The summed E-state index contributed by atoms with van der Waals surface area (Å²) in [6.07, 6.45) is 16.3. The lowest BCUT2D eigenvalue weighted by molar-refractivity contribution is -0.141. The van der Waals surface area contributed by atoms with Crippen LogP contribution in [-0.4, -0.2) is 149 Å². The number of nitrogens with two attached hydrogens (primary N) is 3. The van der Waals surface area contributed by atoms with Gasteiger partial charge in [0.25, 0.3) is 17.7 Å². The van der Waals surface area contributed by atoms with Crippen molar-refractivity contribution < 1.29 is 42.8 Å². The first-order chi connectivity index (χ1) is 42.7. The zero-order chi connectivity index (χ0) is 63.4. The minimum Gasteiger partial charge on any atom is -0.383 e. The van der Waals surface area contributed by atoms with Gasteiger partial charge in [-0.05, 0) is 188 Å². The molecule has 0 radical (unpaired) electrons. The molecule has 6 N–H and O–H groups in total. The predicted octanol–water partition coefficient (Wildman–Crippen LogP) is 8.69. The lowest BCUT2D eigenvalue weighted by Crippen LogP contribution is -2.54. The monoisotopic (exact) mass is 1280 g/mol. The Hall–Kier alpha value is -6.23. The van der Waals surface area contributed by atoms with Gasteiger partial charge >= 0.3 is 0 Å². The summed E-state index contributed by atoms with van der Waals surface area (Å²) in [6.45, 7) is 14.5. The van der Waals surface area contributed by atoms with Crippen molar-refractivity contribution in [1.29, 1.82) is 0 Å². The maximum Gasteiger partial charge on any atom is 0.262 e. The summed E-state index contributed by atoms with van der Waals surface area (Å²) in [5.41, 5.74) is 23.1. The fraction of sp³-hybridized carbons (Fsp3) is 0.609. The van der Waals surface area contributed by atoms with Crippen molar-refractivity contribution in [2.45, 2.75) is 183 Å². The summed E-state index contributed by atoms with van der Waals surface area (Å²) in [4.78, 5) is 65.6. The van der Waals surface area contributed by atoms with E-state index >= 15 is 0 Å². The number of carbonyl (C=O) groups is 3. The van der Waals surface area contributed by atoms with Crippen LogP contribution in [-0.2, 0) is 78.7 Å². The second-order valence-corrected chi connectivity index (χ2v) is 27.7. The van der Waals surface area contributed by atoms with Crippen LogP contribution in [0.25, 0.3) is 4.85 Å². The van der Waals surface area contributed by atoms with E-state index in [1.54, 1.807) is 57.4 Å². The lowest BCUT2D eigenvalue weighted by atomic mass is 9.61. The highest BCUT2D eigenvalue weighted by molar-refractivity contribution is 9.10. The Kier molecular flexibility index (Phi) is 18.1. The van der Waals surface area contributed by atoms with Gasteiger partial charge in [0.1, 0.15) is 0 Å². The fourth-order valence-electron chi connectivity index (χ4n) is 17.3. The minimum atomic E-state index is -1.06. The molecule has 10 aliphatic rings. The zero-order valence-corrected chi connectivity index (χ0v) is 54.9. The Morgan fingerprint density at radius 3 is 1.24 bits per heavy atom. The number of amides is 3. The summed E-state index contributed by atoms with van der Waals surface area (Å²) in [5, 5.41) is 0. The van der Waals surface area contributed by atoms with Crippen molar-refractivity contribution in [3.05, 3.63) is 109 Å². The molecule has 476 valence electrons. The van der Waals surface area contributed by atoms with Crippen LogP contribution >= 0.6 is 15.9 Å². The molecule has 4 saturated carbocycles. The van der Waals surface area contributed by atoms with E-state index in [4.69, 9.17) is 67.2 Å². The number of rotatable bonds is 12. The number of halogens is 1. The zero-order valence-electron chi connectivity index (χ0n) is 53.3. The molecule has 3 aromatic rings. The number of hydrogen-bond donors (Lipinski definition) is 3. The highest BCUT2D eigenvalue weighted by Gasteiger charge is 2.70. The van der Waals surface area contributed by atoms with Crippen molar-refractivity contribution in [3.63, 3.8) is 0 Å². The third-order valence-corrected chi connectivity index (χ3v) is 22.3. The van der Waals surface area contributed by atoms with Crippen molar-refractivity contribution in [1.82, 2.24) is 14.7 Å². The Morgan fingerprint density at radius 1 is 0.539 bits per heavy atom. The van der Waals surface area contributed by atoms with Gasteiger partial charge in [0.05, 0.1) is 62.8 Å². The molecule has 19 nitrogen and oxygen atoms in total. The van der Waals surface area contributed by atoms with Gasteiger partial charge in [-0.3, -0.25) is 29.1 Å². The van der Waals surface area contributed by atoms with Gasteiger partial charge in [-0.25, -0.2) is 19.8 Å². The molecule has 89 heavy (non-hydrogen) atoms. The van der Waals surface area contributed by atoms with Gasteiger partial charge in [-0.2, -0.15) is 0 Å². The molecule has 0 bridgehead atoms. The Bertz CT molecular complexity index is 3440. The van der Waals surface area contributed by atoms with Gasteiger partial charge in [0.2, 0.25) is 0 Å². The molecule has 0 saturated heterocycles. The molecule has 6 atom stereocenters. The maximum absolute atomic E-state index is 14.2. The fourth-order valence-corrected chi connectivity index (χ4v) is 17.6. The highest BCUT2D eigenvalue weighted by Crippen LogP contribution is 2.65. The molecule has 6 unspecified atom stereocenters. The van der Waals surface area contributed by atoms with Crippen LogP contribution in [0.15, 0.2) is 74.0 Å². The first kappa shape index (κ1) is 64.3. The van der Waals surface area contributed by atoms with E-state index in [9.17, 15) is 14.4 Å². The molecule has 0 aromatic heterocycles. The van der Waals surface area contributed by atoms with E-state index in [-0.39, 0.29) is 76.4 Å².